The number of aromatic nitrogens is 1. The van der Waals surface area contributed by atoms with Gasteiger partial charge in [-0.25, -0.2) is 10.9 Å². The Morgan fingerprint density at radius 2 is 1.93 bits per heavy atom. The van der Waals surface area contributed by atoms with Crippen LogP contribution in [-0.4, -0.2) is 24.0 Å². The third-order valence-electron chi connectivity index (χ3n) is 5.43. The normalized spacial score (nSPS) is 19.3. The summed E-state index contributed by atoms with van der Waals surface area (Å²) in [6.45, 7) is 2.05. The van der Waals surface area contributed by atoms with E-state index < -0.39 is 0 Å². The number of hydrazine groups is 1. The standard InChI is InChI=1S/C24H26N4O2/c1-16-8-10-17(11-9-16)23(19-6-4-12-25-15-19)26-24(29)22-14-21(27-28-22)18-5-3-7-20(13-18)30-2/h3-13,15,21-23,27-28H,14H2,1-2H3,(H,26,29). The third-order valence-corrected chi connectivity index (χ3v) is 5.43. The summed E-state index contributed by atoms with van der Waals surface area (Å²) in [7, 11) is 1.65. The maximum absolute atomic E-state index is 13.1. The molecule has 0 aliphatic carbocycles. The van der Waals surface area contributed by atoms with Gasteiger partial charge in [0.25, 0.3) is 0 Å². The van der Waals surface area contributed by atoms with E-state index in [2.05, 4.69) is 33.3 Å². The maximum Gasteiger partial charge on any atom is 0.239 e. The minimum atomic E-state index is -0.342. The highest BCUT2D eigenvalue weighted by molar-refractivity contribution is 5.83. The van der Waals surface area contributed by atoms with Gasteiger partial charge in [-0.05, 0) is 48.2 Å². The van der Waals surface area contributed by atoms with Gasteiger partial charge < -0.3 is 10.1 Å². The fourth-order valence-corrected chi connectivity index (χ4v) is 3.71. The summed E-state index contributed by atoms with van der Waals surface area (Å²) in [6.07, 6.45) is 4.18. The van der Waals surface area contributed by atoms with Crippen molar-refractivity contribution >= 4 is 5.91 Å². The summed E-state index contributed by atoms with van der Waals surface area (Å²) in [5.41, 5.74) is 10.6. The number of rotatable bonds is 6. The lowest BCUT2D eigenvalue weighted by Gasteiger charge is -2.21. The number of methoxy groups -OCH3 is 1. The largest absolute Gasteiger partial charge is 0.497 e. The van der Waals surface area contributed by atoms with Gasteiger partial charge >= 0.3 is 0 Å². The molecule has 3 N–H and O–H groups in total. The fraction of sp³-hybridized carbons (Fsp3) is 0.250. The molecule has 2 aromatic carbocycles. The average Bonchev–Trinajstić information content (AvgIpc) is 3.29. The summed E-state index contributed by atoms with van der Waals surface area (Å²) < 4.78 is 5.31. The quantitative estimate of drug-likeness (QED) is 0.590. The molecule has 6 heteroatoms. The summed E-state index contributed by atoms with van der Waals surface area (Å²) in [6, 6.07) is 19.4. The molecule has 1 amide bonds. The number of ether oxygens (including phenoxy) is 1. The molecular formula is C24H26N4O2. The number of carbonyl (C=O) groups excluding carboxylic acids is 1. The topological polar surface area (TPSA) is 75.3 Å². The van der Waals surface area contributed by atoms with E-state index in [1.54, 1.807) is 19.5 Å². The van der Waals surface area contributed by atoms with E-state index in [1.807, 2.05) is 55.5 Å². The van der Waals surface area contributed by atoms with E-state index in [9.17, 15) is 4.79 Å². The molecule has 1 aliphatic rings. The Hall–Kier alpha value is -3.22. The fourth-order valence-electron chi connectivity index (χ4n) is 3.71. The van der Waals surface area contributed by atoms with Crippen LogP contribution in [0.5, 0.6) is 5.75 Å². The Morgan fingerprint density at radius 1 is 1.10 bits per heavy atom. The predicted molar refractivity (Wildman–Crippen MR) is 116 cm³/mol. The van der Waals surface area contributed by atoms with E-state index in [0.717, 1.165) is 22.4 Å². The number of pyridine rings is 1. The monoisotopic (exact) mass is 402 g/mol. The zero-order chi connectivity index (χ0) is 20.9. The van der Waals surface area contributed by atoms with E-state index in [4.69, 9.17) is 4.74 Å². The van der Waals surface area contributed by atoms with Crippen LogP contribution in [0.15, 0.2) is 73.1 Å². The van der Waals surface area contributed by atoms with Crippen molar-refractivity contribution in [2.24, 2.45) is 0 Å². The van der Waals surface area contributed by atoms with Crippen LogP contribution in [-0.2, 0) is 4.79 Å². The lowest BCUT2D eigenvalue weighted by atomic mass is 9.97. The number of hydrogen-bond donors (Lipinski definition) is 3. The van der Waals surface area contributed by atoms with Gasteiger partial charge in [0.15, 0.2) is 0 Å². The van der Waals surface area contributed by atoms with Crippen LogP contribution in [0.4, 0.5) is 0 Å². The van der Waals surface area contributed by atoms with Crippen molar-refractivity contribution in [3.05, 3.63) is 95.3 Å². The molecule has 3 atom stereocenters. The molecule has 30 heavy (non-hydrogen) atoms. The van der Waals surface area contributed by atoms with Crippen LogP contribution in [0.2, 0.25) is 0 Å². The van der Waals surface area contributed by atoms with Gasteiger partial charge in [0.2, 0.25) is 5.91 Å². The Balaban J connectivity index is 1.49. The third kappa shape index (κ3) is 4.50. The number of nitrogens with zero attached hydrogens (tertiary/aromatic N) is 1. The van der Waals surface area contributed by atoms with Crippen molar-refractivity contribution in [3.8, 4) is 5.75 Å². The highest BCUT2D eigenvalue weighted by Crippen LogP contribution is 2.27. The van der Waals surface area contributed by atoms with Crippen LogP contribution in [0.25, 0.3) is 0 Å². The predicted octanol–water partition coefficient (Wildman–Crippen LogP) is 3.21. The second-order valence-corrected chi connectivity index (χ2v) is 7.54. The minimum Gasteiger partial charge on any atom is -0.497 e. The second-order valence-electron chi connectivity index (χ2n) is 7.54. The maximum atomic E-state index is 13.1. The molecule has 1 saturated heterocycles. The molecule has 2 heterocycles. The van der Waals surface area contributed by atoms with Gasteiger partial charge in [-0.1, -0.05) is 48.0 Å². The highest BCUT2D eigenvalue weighted by Gasteiger charge is 2.32. The van der Waals surface area contributed by atoms with Crippen LogP contribution in [0.1, 0.15) is 40.8 Å². The summed E-state index contributed by atoms with van der Waals surface area (Å²) >= 11 is 0. The SMILES string of the molecule is COc1cccc(C2CC(C(=O)NC(c3ccc(C)cc3)c3cccnc3)NN2)c1. The van der Waals surface area contributed by atoms with Gasteiger partial charge in [-0.15, -0.1) is 0 Å². The van der Waals surface area contributed by atoms with Crippen LogP contribution in [0, 0.1) is 6.92 Å². The van der Waals surface area contributed by atoms with Gasteiger partial charge in [0.1, 0.15) is 11.8 Å². The number of hydrogen-bond acceptors (Lipinski definition) is 5. The molecule has 0 radical (unpaired) electrons. The van der Waals surface area contributed by atoms with Gasteiger partial charge in [0, 0.05) is 18.4 Å². The molecule has 3 unspecified atom stereocenters. The van der Waals surface area contributed by atoms with Gasteiger partial charge in [-0.3, -0.25) is 9.78 Å². The lowest BCUT2D eigenvalue weighted by molar-refractivity contribution is -0.123. The summed E-state index contributed by atoms with van der Waals surface area (Å²) in [5.74, 6) is 0.750. The first-order valence-corrected chi connectivity index (χ1v) is 10.1. The number of aryl methyl sites for hydroxylation is 1. The number of amides is 1. The van der Waals surface area contributed by atoms with E-state index in [1.165, 1.54) is 5.56 Å². The Morgan fingerprint density at radius 3 is 2.67 bits per heavy atom. The molecule has 4 rings (SSSR count). The highest BCUT2D eigenvalue weighted by atomic mass is 16.5. The Kier molecular flexibility index (Phi) is 6.07. The molecule has 3 aromatic rings. The van der Waals surface area contributed by atoms with Crippen LogP contribution in [0.3, 0.4) is 0 Å². The van der Waals surface area contributed by atoms with Crippen LogP contribution >= 0.6 is 0 Å². The van der Waals surface area contributed by atoms with Crippen molar-refractivity contribution in [2.45, 2.75) is 31.5 Å². The summed E-state index contributed by atoms with van der Waals surface area (Å²) in [5, 5.41) is 3.20. The van der Waals surface area contributed by atoms with Crippen molar-refractivity contribution < 1.29 is 9.53 Å². The van der Waals surface area contributed by atoms with Gasteiger partial charge in [0.05, 0.1) is 13.2 Å². The molecule has 1 aliphatic heterocycles. The first-order chi connectivity index (χ1) is 14.6. The Bertz CT molecular complexity index is 992. The van der Waals surface area contributed by atoms with Crippen LogP contribution < -0.4 is 20.9 Å². The summed E-state index contributed by atoms with van der Waals surface area (Å²) in [4.78, 5) is 17.3. The van der Waals surface area contributed by atoms with Crippen molar-refractivity contribution in [1.82, 2.24) is 21.2 Å². The number of benzene rings is 2. The molecule has 154 valence electrons. The van der Waals surface area contributed by atoms with Gasteiger partial charge in [-0.2, -0.15) is 0 Å². The smallest absolute Gasteiger partial charge is 0.239 e. The van der Waals surface area contributed by atoms with Crippen molar-refractivity contribution in [1.29, 1.82) is 0 Å². The zero-order valence-corrected chi connectivity index (χ0v) is 17.1. The van der Waals surface area contributed by atoms with Crippen molar-refractivity contribution in [2.75, 3.05) is 7.11 Å². The van der Waals surface area contributed by atoms with E-state index in [0.29, 0.717) is 6.42 Å². The number of carbonyl (C=O) groups is 1. The first kappa shape index (κ1) is 20.1. The zero-order valence-electron chi connectivity index (χ0n) is 17.1. The average molecular weight is 402 g/mol. The number of nitrogens with one attached hydrogen (secondary N) is 3. The molecule has 0 bridgehead atoms. The molecule has 0 saturated carbocycles. The Labute approximate surface area is 176 Å². The minimum absolute atomic E-state index is 0.0343. The lowest BCUT2D eigenvalue weighted by Crippen LogP contribution is -2.44. The van der Waals surface area contributed by atoms with E-state index in [-0.39, 0.29) is 24.0 Å². The second kappa shape index (κ2) is 9.07. The molecule has 6 nitrogen and oxygen atoms in total. The van der Waals surface area contributed by atoms with Crippen molar-refractivity contribution in [3.63, 3.8) is 0 Å². The molecule has 1 aromatic heterocycles. The molecule has 1 fully saturated rings. The molecule has 0 spiro atoms. The molecular weight excluding hydrogens is 376 g/mol. The first-order valence-electron chi connectivity index (χ1n) is 10.1. The van der Waals surface area contributed by atoms with E-state index >= 15 is 0 Å².